The Morgan fingerprint density at radius 3 is 1.94 bits per heavy atom. The lowest BCUT2D eigenvalue weighted by atomic mass is 10.0. The summed E-state index contributed by atoms with van der Waals surface area (Å²) in [5, 5.41) is 35.9. The van der Waals surface area contributed by atoms with Crippen LogP contribution >= 0.6 is 0 Å². The molecular formula is C24H32N4O6. The second-order valence-electron chi connectivity index (χ2n) is 8.28. The molecule has 0 saturated heterocycles. The molecule has 34 heavy (non-hydrogen) atoms. The number of rotatable bonds is 11. The van der Waals surface area contributed by atoms with Crippen LogP contribution in [0.5, 0.6) is 0 Å². The number of anilines is 1. The number of amides is 3. The highest BCUT2D eigenvalue weighted by Gasteiger charge is 2.25. The zero-order valence-electron chi connectivity index (χ0n) is 19.4. The van der Waals surface area contributed by atoms with Gasteiger partial charge in [-0.1, -0.05) is 38.1 Å². The van der Waals surface area contributed by atoms with Crippen molar-refractivity contribution in [3.05, 3.63) is 54.1 Å². The number of nitrogens with one attached hydrogen (secondary N) is 4. The summed E-state index contributed by atoms with van der Waals surface area (Å²) in [6.45, 7) is 5.30. The molecule has 2 rings (SSSR count). The van der Waals surface area contributed by atoms with E-state index >= 15 is 0 Å². The van der Waals surface area contributed by atoms with E-state index in [9.17, 15) is 24.6 Å². The molecule has 0 aromatic heterocycles. The van der Waals surface area contributed by atoms with E-state index in [0.717, 1.165) is 11.1 Å². The molecule has 0 saturated carbocycles. The number of hydrogen-bond acceptors (Lipinski definition) is 7. The molecule has 0 aliphatic heterocycles. The summed E-state index contributed by atoms with van der Waals surface area (Å²) in [6, 6.07) is 12.4. The molecule has 10 nitrogen and oxygen atoms in total. The smallest absolute Gasteiger partial charge is 0.268 e. The van der Waals surface area contributed by atoms with E-state index in [-0.39, 0.29) is 36.6 Å². The molecule has 3 atom stereocenters. The topological polar surface area (TPSA) is 160 Å². The van der Waals surface area contributed by atoms with Gasteiger partial charge in [-0.05, 0) is 48.2 Å². The highest BCUT2D eigenvalue weighted by molar-refractivity contribution is 5.98. The molecule has 1 unspecified atom stereocenters. The fraction of sp³-hybridized carbons (Fsp3) is 0.375. The van der Waals surface area contributed by atoms with Gasteiger partial charge in [0.2, 0.25) is 5.91 Å². The molecule has 3 amide bonds. The second-order valence-corrected chi connectivity index (χ2v) is 8.28. The van der Waals surface area contributed by atoms with Gasteiger partial charge in [0.15, 0.2) is 0 Å². The van der Waals surface area contributed by atoms with Crippen molar-refractivity contribution in [3.8, 4) is 11.1 Å². The summed E-state index contributed by atoms with van der Waals surface area (Å²) in [6.07, 6.45) is -1.20. The first kappa shape index (κ1) is 26.9. The van der Waals surface area contributed by atoms with Gasteiger partial charge in [0, 0.05) is 17.3 Å². The molecule has 2 aromatic rings. The van der Waals surface area contributed by atoms with Gasteiger partial charge in [0.1, 0.15) is 6.04 Å². The van der Waals surface area contributed by atoms with Gasteiger partial charge in [-0.25, -0.2) is 5.48 Å². The van der Waals surface area contributed by atoms with E-state index in [1.807, 2.05) is 26.0 Å². The highest BCUT2D eigenvalue weighted by Crippen LogP contribution is 2.22. The molecule has 0 fully saturated rings. The first-order chi connectivity index (χ1) is 16.2. The molecule has 0 aliphatic carbocycles. The molecule has 0 radical (unpaired) electrons. The van der Waals surface area contributed by atoms with Crippen LogP contribution in [0.3, 0.4) is 0 Å². The Morgan fingerprint density at radius 1 is 0.912 bits per heavy atom. The minimum Gasteiger partial charge on any atom is -0.395 e. The number of hydroxylamine groups is 1. The summed E-state index contributed by atoms with van der Waals surface area (Å²) in [7, 11) is 0. The maximum atomic E-state index is 12.4. The van der Waals surface area contributed by atoms with E-state index in [1.165, 1.54) is 12.4 Å². The van der Waals surface area contributed by atoms with Crippen molar-refractivity contribution < 1.29 is 29.8 Å². The summed E-state index contributed by atoms with van der Waals surface area (Å²) in [4.78, 5) is 36.1. The van der Waals surface area contributed by atoms with Crippen molar-refractivity contribution in [2.75, 3.05) is 18.5 Å². The van der Waals surface area contributed by atoms with Crippen LogP contribution in [0.4, 0.5) is 5.69 Å². The Labute approximate surface area is 198 Å². The third-order valence-electron chi connectivity index (χ3n) is 5.34. The largest absolute Gasteiger partial charge is 0.395 e. The standard InChI is InChI=1S/C24H32N4O6/c1-14(2)20(13-29)25-12-21(31)26-19-10-8-17(9-11-19)16-4-6-18(7-5-16)23(32)27-22(15(3)30)24(33)28-34/h4-11,14-15,20,22,25,29-30,34H,12-13H2,1-3H3,(H,26,31)(H,27,32)(H,28,33)/t15-,20?,22+/m1/s1. The molecule has 2 aromatic carbocycles. The number of aliphatic hydroxyl groups excluding tert-OH is 2. The number of carbonyl (C=O) groups is 3. The van der Waals surface area contributed by atoms with E-state index in [2.05, 4.69) is 16.0 Å². The Hall–Kier alpha value is -3.31. The van der Waals surface area contributed by atoms with Crippen molar-refractivity contribution in [1.82, 2.24) is 16.1 Å². The average molecular weight is 473 g/mol. The molecule has 0 spiro atoms. The number of benzene rings is 2. The van der Waals surface area contributed by atoms with Crippen LogP contribution < -0.4 is 21.4 Å². The third-order valence-corrected chi connectivity index (χ3v) is 5.34. The first-order valence-electron chi connectivity index (χ1n) is 10.9. The Kier molecular flexibility index (Phi) is 10.1. The van der Waals surface area contributed by atoms with Crippen molar-refractivity contribution in [1.29, 1.82) is 0 Å². The van der Waals surface area contributed by atoms with Crippen molar-refractivity contribution >= 4 is 23.4 Å². The van der Waals surface area contributed by atoms with Crippen LogP contribution in [0.2, 0.25) is 0 Å². The van der Waals surface area contributed by atoms with Crippen molar-refractivity contribution in [2.45, 2.75) is 39.0 Å². The normalized spacial score (nSPS) is 13.6. The van der Waals surface area contributed by atoms with Gasteiger partial charge >= 0.3 is 0 Å². The number of carbonyl (C=O) groups excluding carboxylic acids is 3. The molecular weight excluding hydrogens is 440 g/mol. The van der Waals surface area contributed by atoms with E-state index in [4.69, 9.17) is 5.21 Å². The predicted octanol–water partition coefficient (Wildman–Crippen LogP) is 0.883. The molecule has 0 heterocycles. The van der Waals surface area contributed by atoms with Crippen molar-refractivity contribution in [2.24, 2.45) is 5.92 Å². The van der Waals surface area contributed by atoms with Crippen LogP contribution in [-0.2, 0) is 9.59 Å². The molecule has 0 bridgehead atoms. The third kappa shape index (κ3) is 7.63. The van der Waals surface area contributed by atoms with Gasteiger partial charge in [-0.15, -0.1) is 0 Å². The average Bonchev–Trinajstić information content (AvgIpc) is 2.82. The lowest BCUT2D eigenvalue weighted by Gasteiger charge is -2.19. The molecule has 7 N–H and O–H groups in total. The van der Waals surface area contributed by atoms with Gasteiger partial charge in [0.25, 0.3) is 11.8 Å². The fourth-order valence-electron chi connectivity index (χ4n) is 3.20. The lowest BCUT2D eigenvalue weighted by molar-refractivity contribution is -0.133. The lowest BCUT2D eigenvalue weighted by Crippen LogP contribution is -2.51. The zero-order valence-corrected chi connectivity index (χ0v) is 19.4. The molecule has 10 heteroatoms. The minimum atomic E-state index is -1.30. The summed E-state index contributed by atoms with van der Waals surface area (Å²) in [5.74, 6) is -1.51. The van der Waals surface area contributed by atoms with Gasteiger partial charge in [-0.3, -0.25) is 19.6 Å². The minimum absolute atomic E-state index is 0.0424. The van der Waals surface area contributed by atoms with Gasteiger partial charge in [-0.2, -0.15) is 0 Å². The van der Waals surface area contributed by atoms with E-state index in [0.29, 0.717) is 5.69 Å². The SMILES string of the molecule is CC(C)C(CO)NCC(=O)Nc1ccc(-c2ccc(C(=O)N[C@H](C(=O)NO)[C@@H](C)O)cc2)cc1. The Morgan fingerprint density at radius 2 is 1.47 bits per heavy atom. The van der Waals surface area contributed by atoms with Crippen LogP contribution in [0.1, 0.15) is 31.1 Å². The Bertz CT molecular complexity index is 960. The molecule has 0 aliphatic rings. The summed E-state index contributed by atoms with van der Waals surface area (Å²) < 4.78 is 0. The van der Waals surface area contributed by atoms with Crippen molar-refractivity contribution in [3.63, 3.8) is 0 Å². The number of aliphatic hydroxyl groups is 2. The monoisotopic (exact) mass is 472 g/mol. The summed E-state index contributed by atoms with van der Waals surface area (Å²) >= 11 is 0. The fourth-order valence-corrected chi connectivity index (χ4v) is 3.20. The maximum absolute atomic E-state index is 12.4. The van der Waals surface area contributed by atoms with Gasteiger partial charge < -0.3 is 26.2 Å². The maximum Gasteiger partial charge on any atom is 0.268 e. The van der Waals surface area contributed by atoms with Crippen LogP contribution in [-0.4, -0.2) is 64.5 Å². The molecule has 184 valence electrons. The summed E-state index contributed by atoms with van der Waals surface area (Å²) in [5.41, 5.74) is 4.02. The quantitative estimate of drug-likeness (QED) is 0.189. The van der Waals surface area contributed by atoms with Crippen LogP contribution in [0, 0.1) is 5.92 Å². The van der Waals surface area contributed by atoms with Gasteiger partial charge in [0.05, 0.1) is 19.3 Å². The van der Waals surface area contributed by atoms with Crippen LogP contribution in [0.25, 0.3) is 11.1 Å². The van der Waals surface area contributed by atoms with E-state index in [1.54, 1.807) is 36.4 Å². The predicted molar refractivity (Wildman–Crippen MR) is 127 cm³/mol. The van der Waals surface area contributed by atoms with E-state index < -0.39 is 24.0 Å². The Balaban J connectivity index is 1.98. The highest BCUT2D eigenvalue weighted by atomic mass is 16.5. The number of hydrogen-bond donors (Lipinski definition) is 7. The zero-order chi connectivity index (χ0) is 25.3. The van der Waals surface area contributed by atoms with Crippen LogP contribution in [0.15, 0.2) is 48.5 Å². The first-order valence-corrected chi connectivity index (χ1v) is 10.9. The second kappa shape index (κ2) is 12.8.